The van der Waals surface area contributed by atoms with Gasteiger partial charge in [0.25, 0.3) is 0 Å². The molecular formula is C13H16N2O2. The van der Waals surface area contributed by atoms with Crippen LogP contribution in [0, 0.1) is 5.92 Å². The summed E-state index contributed by atoms with van der Waals surface area (Å²) in [5, 5.41) is 2.76. The summed E-state index contributed by atoms with van der Waals surface area (Å²) in [6.07, 6.45) is 0.306. The Bertz CT molecular complexity index is 417. The average molecular weight is 232 g/mol. The maximum atomic E-state index is 11.8. The number of carbonyl (C=O) groups is 2. The number of amides is 2. The van der Waals surface area contributed by atoms with Gasteiger partial charge in [0, 0.05) is 25.2 Å². The predicted molar refractivity (Wildman–Crippen MR) is 65.6 cm³/mol. The van der Waals surface area contributed by atoms with Crippen molar-refractivity contribution in [2.24, 2.45) is 5.92 Å². The highest BCUT2D eigenvalue weighted by Gasteiger charge is 2.34. The van der Waals surface area contributed by atoms with Crippen molar-refractivity contribution in [1.82, 2.24) is 5.32 Å². The van der Waals surface area contributed by atoms with E-state index in [9.17, 15) is 9.59 Å². The Morgan fingerprint density at radius 1 is 1.41 bits per heavy atom. The van der Waals surface area contributed by atoms with E-state index in [-0.39, 0.29) is 17.7 Å². The van der Waals surface area contributed by atoms with Crippen molar-refractivity contribution in [2.75, 3.05) is 18.0 Å². The fourth-order valence-corrected chi connectivity index (χ4v) is 2.06. The van der Waals surface area contributed by atoms with Gasteiger partial charge in [0.05, 0.1) is 5.92 Å². The summed E-state index contributed by atoms with van der Waals surface area (Å²) in [7, 11) is 0. The molecule has 0 aromatic heterocycles. The second-order valence-electron chi connectivity index (χ2n) is 4.14. The molecule has 1 atom stereocenters. The molecule has 0 bridgehead atoms. The number of anilines is 1. The average Bonchev–Trinajstić information content (AvgIpc) is 2.73. The van der Waals surface area contributed by atoms with Crippen LogP contribution in [-0.2, 0) is 9.59 Å². The zero-order valence-corrected chi connectivity index (χ0v) is 9.85. The number of hydrogen-bond donors (Lipinski definition) is 1. The number of benzene rings is 1. The molecule has 1 unspecified atom stereocenters. The molecule has 1 aromatic rings. The van der Waals surface area contributed by atoms with Crippen molar-refractivity contribution < 1.29 is 9.59 Å². The van der Waals surface area contributed by atoms with Crippen LogP contribution in [-0.4, -0.2) is 24.9 Å². The first-order valence-electron chi connectivity index (χ1n) is 5.85. The second-order valence-corrected chi connectivity index (χ2v) is 4.14. The molecule has 90 valence electrons. The molecule has 1 N–H and O–H groups in total. The fourth-order valence-electron chi connectivity index (χ4n) is 2.06. The minimum atomic E-state index is -0.220. The van der Waals surface area contributed by atoms with Crippen LogP contribution in [0.1, 0.15) is 13.3 Å². The summed E-state index contributed by atoms with van der Waals surface area (Å²) in [4.78, 5) is 25.2. The van der Waals surface area contributed by atoms with Crippen molar-refractivity contribution in [3.05, 3.63) is 30.3 Å². The number of para-hydroxylation sites is 1. The highest BCUT2D eigenvalue weighted by atomic mass is 16.2. The molecule has 2 rings (SSSR count). The van der Waals surface area contributed by atoms with Crippen LogP contribution in [0.4, 0.5) is 5.69 Å². The maximum absolute atomic E-state index is 11.8. The molecule has 1 aromatic carbocycles. The molecule has 0 saturated carbocycles. The zero-order valence-electron chi connectivity index (χ0n) is 9.85. The van der Waals surface area contributed by atoms with Gasteiger partial charge in [-0.25, -0.2) is 0 Å². The minimum Gasteiger partial charge on any atom is -0.356 e. The van der Waals surface area contributed by atoms with Gasteiger partial charge in [-0.1, -0.05) is 18.2 Å². The molecule has 1 heterocycles. The summed E-state index contributed by atoms with van der Waals surface area (Å²) in [6.45, 7) is 2.97. The maximum Gasteiger partial charge on any atom is 0.227 e. The Morgan fingerprint density at radius 3 is 2.76 bits per heavy atom. The summed E-state index contributed by atoms with van der Waals surface area (Å²) < 4.78 is 0. The largest absolute Gasteiger partial charge is 0.356 e. The standard InChI is InChI=1S/C13H16N2O2/c1-2-14-13(17)10-8-12(16)15(9-10)11-6-4-3-5-7-11/h3-7,10H,2,8-9H2,1H3,(H,14,17). The highest BCUT2D eigenvalue weighted by molar-refractivity contribution is 6.00. The molecule has 0 aliphatic carbocycles. The lowest BCUT2D eigenvalue weighted by atomic mass is 10.1. The number of carbonyl (C=O) groups excluding carboxylic acids is 2. The van der Waals surface area contributed by atoms with Crippen LogP contribution >= 0.6 is 0 Å². The van der Waals surface area contributed by atoms with Gasteiger partial charge in [-0.05, 0) is 19.1 Å². The predicted octanol–water partition coefficient (Wildman–Crippen LogP) is 1.18. The molecule has 17 heavy (non-hydrogen) atoms. The van der Waals surface area contributed by atoms with Gasteiger partial charge in [0.15, 0.2) is 0 Å². The van der Waals surface area contributed by atoms with Crippen LogP contribution in [0.25, 0.3) is 0 Å². The van der Waals surface area contributed by atoms with E-state index in [1.807, 2.05) is 37.3 Å². The van der Waals surface area contributed by atoms with Crippen molar-refractivity contribution in [2.45, 2.75) is 13.3 Å². The third-order valence-electron chi connectivity index (χ3n) is 2.91. The first-order chi connectivity index (χ1) is 8.22. The van der Waals surface area contributed by atoms with Gasteiger partial charge in [-0.2, -0.15) is 0 Å². The minimum absolute atomic E-state index is 0.0208. The van der Waals surface area contributed by atoms with E-state index in [1.54, 1.807) is 4.90 Å². The van der Waals surface area contributed by atoms with E-state index in [2.05, 4.69) is 5.32 Å². The van der Waals surface area contributed by atoms with E-state index in [0.717, 1.165) is 5.69 Å². The monoisotopic (exact) mass is 232 g/mol. The van der Waals surface area contributed by atoms with Gasteiger partial charge in [-0.15, -0.1) is 0 Å². The molecule has 1 aliphatic heterocycles. The van der Waals surface area contributed by atoms with E-state index in [1.165, 1.54) is 0 Å². The van der Waals surface area contributed by atoms with Gasteiger partial charge < -0.3 is 10.2 Å². The van der Waals surface area contributed by atoms with Crippen molar-refractivity contribution in [3.63, 3.8) is 0 Å². The molecule has 1 saturated heterocycles. The Hall–Kier alpha value is -1.84. The molecular weight excluding hydrogens is 216 g/mol. The Balaban J connectivity index is 2.08. The second kappa shape index (κ2) is 4.99. The van der Waals surface area contributed by atoms with E-state index >= 15 is 0 Å². The molecule has 2 amide bonds. The molecule has 1 aliphatic rings. The summed E-state index contributed by atoms with van der Waals surface area (Å²) in [5.41, 5.74) is 0.865. The van der Waals surface area contributed by atoms with Gasteiger partial charge in [0.1, 0.15) is 0 Å². The third kappa shape index (κ3) is 2.46. The number of rotatable bonds is 3. The van der Waals surface area contributed by atoms with E-state index < -0.39 is 0 Å². The van der Waals surface area contributed by atoms with Gasteiger partial charge in [0.2, 0.25) is 11.8 Å². The Labute approximate surface area is 101 Å². The number of nitrogens with one attached hydrogen (secondary N) is 1. The zero-order chi connectivity index (χ0) is 12.3. The lowest BCUT2D eigenvalue weighted by Crippen LogP contribution is -2.32. The number of hydrogen-bond acceptors (Lipinski definition) is 2. The Kier molecular flexibility index (Phi) is 3.42. The van der Waals surface area contributed by atoms with Crippen molar-refractivity contribution in [3.8, 4) is 0 Å². The van der Waals surface area contributed by atoms with Crippen LogP contribution < -0.4 is 10.2 Å². The molecule has 4 nitrogen and oxygen atoms in total. The normalized spacial score (nSPS) is 19.5. The highest BCUT2D eigenvalue weighted by Crippen LogP contribution is 2.24. The quantitative estimate of drug-likeness (QED) is 0.850. The van der Waals surface area contributed by atoms with Gasteiger partial charge >= 0.3 is 0 Å². The third-order valence-corrected chi connectivity index (χ3v) is 2.91. The molecule has 1 fully saturated rings. The SMILES string of the molecule is CCNC(=O)C1CC(=O)N(c2ccccc2)C1. The topological polar surface area (TPSA) is 49.4 Å². The summed E-state index contributed by atoms with van der Waals surface area (Å²) in [5.74, 6) is -0.227. The fraction of sp³-hybridized carbons (Fsp3) is 0.385. The lowest BCUT2D eigenvalue weighted by Gasteiger charge is -2.16. The van der Waals surface area contributed by atoms with Crippen molar-refractivity contribution >= 4 is 17.5 Å². The van der Waals surface area contributed by atoms with Crippen LogP contribution in [0.5, 0.6) is 0 Å². The van der Waals surface area contributed by atoms with E-state index in [4.69, 9.17) is 0 Å². The van der Waals surface area contributed by atoms with Crippen LogP contribution in [0.2, 0.25) is 0 Å². The number of nitrogens with zero attached hydrogens (tertiary/aromatic N) is 1. The molecule has 4 heteroatoms. The first kappa shape index (κ1) is 11.6. The van der Waals surface area contributed by atoms with Crippen LogP contribution in [0.3, 0.4) is 0 Å². The molecule has 0 radical (unpaired) electrons. The summed E-state index contributed by atoms with van der Waals surface area (Å²) in [6, 6.07) is 9.46. The first-order valence-corrected chi connectivity index (χ1v) is 5.85. The summed E-state index contributed by atoms with van der Waals surface area (Å²) >= 11 is 0. The van der Waals surface area contributed by atoms with Crippen LogP contribution in [0.15, 0.2) is 30.3 Å². The van der Waals surface area contributed by atoms with E-state index in [0.29, 0.717) is 19.5 Å². The Morgan fingerprint density at radius 2 is 2.12 bits per heavy atom. The van der Waals surface area contributed by atoms with Gasteiger partial charge in [-0.3, -0.25) is 9.59 Å². The van der Waals surface area contributed by atoms with Crippen molar-refractivity contribution in [1.29, 1.82) is 0 Å². The smallest absolute Gasteiger partial charge is 0.227 e. The lowest BCUT2D eigenvalue weighted by molar-refractivity contribution is -0.126. The molecule has 0 spiro atoms.